The normalized spacial score (nSPS) is 25.9. The maximum atomic E-state index is 12.4. The van der Waals surface area contributed by atoms with Gasteiger partial charge in [-0.05, 0) is 25.8 Å². The van der Waals surface area contributed by atoms with Gasteiger partial charge in [-0.3, -0.25) is 14.5 Å². The first kappa shape index (κ1) is 14.3. The van der Waals surface area contributed by atoms with Crippen LogP contribution in [-0.4, -0.2) is 72.1 Å². The maximum Gasteiger partial charge on any atom is 0.317 e. The van der Waals surface area contributed by atoms with Gasteiger partial charge in [0.15, 0.2) is 0 Å². The van der Waals surface area contributed by atoms with E-state index < -0.39 is 5.97 Å². The first-order valence-electron chi connectivity index (χ1n) is 7.13. The topological polar surface area (TPSA) is 72.9 Å². The highest BCUT2D eigenvalue weighted by atomic mass is 16.4. The van der Waals surface area contributed by atoms with Gasteiger partial charge in [-0.25, -0.2) is 0 Å². The molecule has 1 amide bonds. The maximum absolute atomic E-state index is 12.4. The molecule has 0 unspecified atom stereocenters. The van der Waals surface area contributed by atoms with Crippen LogP contribution in [0.25, 0.3) is 0 Å². The van der Waals surface area contributed by atoms with E-state index in [0.717, 1.165) is 45.3 Å². The Morgan fingerprint density at radius 3 is 2.63 bits per heavy atom. The molecule has 0 bridgehead atoms. The predicted octanol–water partition coefficient (Wildman–Crippen LogP) is -0.253. The molecule has 0 aromatic heterocycles. The fourth-order valence-electron chi connectivity index (χ4n) is 2.82. The zero-order valence-electron chi connectivity index (χ0n) is 11.3. The number of hydrogen-bond acceptors (Lipinski definition) is 4. The van der Waals surface area contributed by atoms with Crippen LogP contribution < -0.4 is 5.32 Å². The number of carboxylic acid groups (broad SMARTS) is 1. The molecule has 6 nitrogen and oxygen atoms in total. The molecule has 0 spiro atoms. The largest absolute Gasteiger partial charge is 0.480 e. The molecular weight excluding hydrogens is 246 g/mol. The van der Waals surface area contributed by atoms with Crippen molar-refractivity contribution in [2.75, 3.05) is 39.3 Å². The molecule has 1 atom stereocenters. The molecule has 2 saturated heterocycles. The summed E-state index contributed by atoms with van der Waals surface area (Å²) < 4.78 is 0. The Morgan fingerprint density at radius 2 is 1.95 bits per heavy atom. The van der Waals surface area contributed by atoms with Crippen molar-refractivity contribution in [3.8, 4) is 0 Å². The van der Waals surface area contributed by atoms with Crippen molar-refractivity contribution in [2.45, 2.75) is 31.7 Å². The molecule has 0 aliphatic carbocycles. The van der Waals surface area contributed by atoms with Gasteiger partial charge in [-0.2, -0.15) is 0 Å². The lowest BCUT2D eigenvalue weighted by Gasteiger charge is -2.29. The van der Waals surface area contributed by atoms with Gasteiger partial charge in [0.05, 0.1) is 12.6 Å². The van der Waals surface area contributed by atoms with E-state index in [1.54, 1.807) is 0 Å². The van der Waals surface area contributed by atoms with Crippen LogP contribution in [0.2, 0.25) is 0 Å². The highest BCUT2D eigenvalue weighted by Gasteiger charge is 2.27. The van der Waals surface area contributed by atoms with Crippen molar-refractivity contribution in [2.24, 2.45) is 0 Å². The Kier molecular flexibility index (Phi) is 5.15. The summed E-state index contributed by atoms with van der Waals surface area (Å²) in [5.74, 6) is -0.606. The van der Waals surface area contributed by atoms with E-state index in [1.165, 1.54) is 0 Å². The van der Waals surface area contributed by atoms with E-state index in [9.17, 15) is 9.59 Å². The minimum absolute atomic E-state index is 0.0280. The van der Waals surface area contributed by atoms with Gasteiger partial charge in [-0.15, -0.1) is 0 Å². The molecule has 6 heteroatoms. The smallest absolute Gasteiger partial charge is 0.317 e. The molecule has 2 rings (SSSR count). The van der Waals surface area contributed by atoms with Gasteiger partial charge in [0.2, 0.25) is 5.91 Å². The van der Waals surface area contributed by atoms with Crippen molar-refractivity contribution < 1.29 is 14.7 Å². The third-order valence-electron chi connectivity index (χ3n) is 3.87. The predicted molar refractivity (Wildman–Crippen MR) is 70.9 cm³/mol. The number of aliphatic carboxylic acids is 1. The molecule has 0 radical (unpaired) electrons. The molecule has 0 aromatic carbocycles. The quantitative estimate of drug-likeness (QED) is 0.739. The number of carbonyl (C=O) groups excluding carboxylic acids is 1. The summed E-state index contributed by atoms with van der Waals surface area (Å²) in [4.78, 5) is 26.9. The fraction of sp³-hybridized carbons (Fsp3) is 0.846. The van der Waals surface area contributed by atoms with Crippen molar-refractivity contribution in [3.63, 3.8) is 0 Å². The van der Waals surface area contributed by atoms with Crippen molar-refractivity contribution >= 4 is 11.9 Å². The van der Waals surface area contributed by atoms with Crippen LogP contribution >= 0.6 is 0 Å². The Bertz CT molecular complexity index is 329. The summed E-state index contributed by atoms with van der Waals surface area (Å²) in [5, 5.41) is 12.1. The number of nitrogens with one attached hydrogen (secondary N) is 1. The van der Waals surface area contributed by atoms with E-state index in [-0.39, 0.29) is 18.5 Å². The summed E-state index contributed by atoms with van der Waals surface area (Å²) in [5.41, 5.74) is 0. The molecule has 0 saturated carbocycles. The highest BCUT2D eigenvalue weighted by molar-refractivity contribution is 5.82. The first-order valence-corrected chi connectivity index (χ1v) is 7.13. The number of carboxylic acids is 1. The van der Waals surface area contributed by atoms with Crippen LogP contribution in [0.15, 0.2) is 0 Å². The average Bonchev–Trinajstić information content (AvgIpc) is 2.64. The van der Waals surface area contributed by atoms with Crippen LogP contribution in [0, 0.1) is 0 Å². The molecule has 2 fully saturated rings. The van der Waals surface area contributed by atoms with Crippen LogP contribution in [0.5, 0.6) is 0 Å². The lowest BCUT2D eigenvalue weighted by Crippen LogP contribution is -2.49. The van der Waals surface area contributed by atoms with Crippen LogP contribution in [0.3, 0.4) is 0 Å². The Hall–Kier alpha value is -1.14. The van der Waals surface area contributed by atoms with Gasteiger partial charge >= 0.3 is 5.97 Å². The lowest BCUT2D eigenvalue weighted by molar-refractivity contribution is -0.138. The van der Waals surface area contributed by atoms with E-state index in [0.29, 0.717) is 13.1 Å². The van der Waals surface area contributed by atoms with E-state index >= 15 is 0 Å². The number of amides is 1. The minimum Gasteiger partial charge on any atom is -0.480 e. The van der Waals surface area contributed by atoms with E-state index in [4.69, 9.17) is 5.11 Å². The Labute approximate surface area is 113 Å². The lowest BCUT2D eigenvalue weighted by atomic mass is 10.0. The summed E-state index contributed by atoms with van der Waals surface area (Å²) in [7, 11) is 0. The van der Waals surface area contributed by atoms with Gasteiger partial charge < -0.3 is 15.3 Å². The fourth-order valence-corrected chi connectivity index (χ4v) is 2.82. The number of piperidine rings is 1. The third kappa shape index (κ3) is 4.18. The van der Waals surface area contributed by atoms with E-state index in [1.807, 2.05) is 9.80 Å². The number of hydrogen-bond donors (Lipinski definition) is 2. The van der Waals surface area contributed by atoms with Crippen molar-refractivity contribution in [1.29, 1.82) is 0 Å². The molecule has 19 heavy (non-hydrogen) atoms. The van der Waals surface area contributed by atoms with Crippen LogP contribution in [-0.2, 0) is 9.59 Å². The summed E-state index contributed by atoms with van der Waals surface area (Å²) in [6.07, 6.45) is 4.04. The van der Waals surface area contributed by atoms with Crippen LogP contribution in [0.4, 0.5) is 0 Å². The van der Waals surface area contributed by atoms with Gasteiger partial charge in [-0.1, -0.05) is 6.42 Å². The average molecular weight is 269 g/mol. The van der Waals surface area contributed by atoms with Crippen molar-refractivity contribution in [3.05, 3.63) is 0 Å². The summed E-state index contributed by atoms with van der Waals surface area (Å²) in [6, 6.07) is -0.0280. The minimum atomic E-state index is -0.797. The molecule has 2 N–H and O–H groups in total. The molecule has 108 valence electrons. The van der Waals surface area contributed by atoms with Gasteiger partial charge in [0, 0.05) is 26.2 Å². The molecule has 2 heterocycles. The van der Waals surface area contributed by atoms with Crippen molar-refractivity contribution in [1.82, 2.24) is 15.1 Å². The molecule has 2 aliphatic heterocycles. The van der Waals surface area contributed by atoms with Crippen LogP contribution in [0.1, 0.15) is 25.7 Å². The summed E-state index contributed by atoms with van der Waals surface area (Å²) >= 11 is 0. The first-order chi connectivity index (χ1) is 9.16. The van der Waals surface area contributed by atoms with Gasteiger partial charge in [0.1, 0.15) is 0 Å². The zero-order chi connectivity index (χ0) is 13.7. The number of nitrogens with zero attached hydrogens (tertiary/aromatic N) is 2. The Morgan fingerprint density at radius 1 is 1.11 bits per heavy atom. The number of rotatable bonds is 3. The summed E-state index contributed by atoms with van der Waals surface area (Å²) in [6.45, 7) is 3.80. The Balaban J connectivity index is 1.84. The zero-order valence-corrected chi connectivity index (χ0v) is 11.3. The third-order valence-corrected chi connectivity index (χ3v) is 3.87. The monoisotopic (exact) mass is 269 g/mol. The molecule has 2 aliphatic rings. The van der Waals surface area contributed by atoms with Gasteiger partial charge in [0.25, 0.3) is 0 Å². The second-order valence-electron chi connectivity index (χ2n) is 5.35. The second kappa shape index (κ2) is 6.86. The molecular formula is C13H23N3O3. The second-order valence-corrected chi connectivity index (χ2v) is 5.35. The standard InChI is InChI=1S/C13H23N3O3/c17-12(18)10-15-6-3-7-16(9-8-15)13(19)11-4-1-2-5-14-11/h11,14H,1-10H2,(H,17,18)/t11-/m1/s1. The molecule has 0 aromatic rings. The van der Waals surface area contributed by atoms with E-state index in [2.05, 4.69) is 5.32 Å². The number of carbonyl (C=O) groups is 2. The highest BCUT2D eigenvalue weighted by Crippen LogP contribution is 2.12. The SMILES string of the molecule is O=C(O)CN1CCCN(C(=O)[C@H]2CCCCN2)CC1.